The molecule has 272 valence electrons. The fourth-order valence-corrected chi connectivity index (χ4v) is 8.49. The molecule has 0 unspecified atom stereocenters. The normalized spacial score (nSPS) is 12.5. The van der Waals surface area contributed by atoms with E-state index in [0.29, 0.717) is 11.4 Å². The molecule has 0 amide bonds. The van der Waals surface area contributed by atoms with Gasteiger partial charge in [0.25, 0.3) is 0 Å². The van der Waals surface area contributed by atoms with Crippen LogP contribution in [0.5, 0.6) is 5.75 Å². The molecule has 4 nitrogen and oxygen atoms in total. The molecule has 0 radical (unpaired) electrons. The number of aromatic nitrogens is 3. The standard InChI is InChI=1S/C51H36N3O.Pt/c1-51(2)43-24-12-9-21-39(43)41-30-36(31-42(48(41)51)44-32-35(28-29-52-44)33-16-5-3-6-17-33)38-23-15-26-46-49(38)53-50(40-22-11-14-27-47(40)55)54(46)45-25-13-10-20-37(45)34-18-7-4-8-19-34;/h3-30,32,55H,1-2H3;/q-1;. The van der Waals surface area contributed by atoms with Crippen LogP contribution in [0.3, 0.4) is 0 Å². The number of benzene rings is 7. The Bertz CT molecular complexity index is 2910. The van der Waals surface area contributed by atoms with Crippen LogP contribution < -0.4 is 0 Å². The van der Waals surface area contributed by atoms with Gasteiger partial charge >= 0.3 is 0 Å². The maximum Gasteiger partial charge on any atom is 0.148 e. The third-order valence-electron chi connectivity index (χ3n) is 11.1. The molecule has 1 aliphatic rings. The minimum atomic E-state index is -0.270. The first-order chi connectivity index (χ1) is 27.0. The Morgan fingerprint density at radius 2 is 1.21 bits per heavy atom. The van der Waals surface area contributed by atoms with Crippen LogP contribution in [0, 0.1) is 6.07 Å². The number of rotatable bonds is 6. The largest absolute Gasteiger partial charge is 0.507 e. The van der Waals surface area contributed by atoms with E-state index in [1.807, 2.05) is 36.5 Å². The van der Waals surface area contributed by atoms with Gasteiger partial charge in [-0.3, -0.25) is 9.55 Å². The number of fused-ring (bicyclic) bond motifs is 4. The summed E-state index contributed by atoms with van der Waals surface area (Å²) < 4.78 is 2.19. The molecule has 1 aliphatic carbocycles. The van der Waals surface area contributed by atoms with Crippen molar-refractivity contribution in [3.63, 3.8) is 0 Å². The van der Waals surface area contributed by atoms with Gasteiger partial charge in [-0.2, -0.15) is 0 Å². The Kier molecular flexibility index (Phi) is 8.87. The van der Waals surface area contributed by atoms with Crippen molar-refractivity contribution in [3.8, 4) is 78.6 Å². The number of para-hydroxylation sites is 3. The Hall–Kier alpha value is -6.35. The van der Waals surface area contributed by atoms with Gasteiger partial charge in [-0.15, -0.1) is 17.7 Å². The number of hydrogen-bond acceptors (Lipinski definition) is 3. The first kappa shape index (κ1) is 35.4. The second-order valence-electron chi connectivity index (χ2n) is 14.7. The van der Waals surface area contributed by atoms with Gasteiger partial charge in [-0.1, -0.05) is 170 Å². The number of phenols is 1. The van der Waals surface area contributed by atoms with Gasteiger partial charge in [0.1, 0.15) is 11.6 Å². The van der Waals surface area contributed by atoms with Crippen LogP contribution in [0.4, 0.5) is 0 Å². The minimum Gasteiger partial charge on any atom is -0.507 e. The summed E-state index contributed by atoms with van der Waals surface area (Å²) in [7, 11) is 0. The van der Waals surface area contributed by atoms with Gasteiger partial charge in [0.05, 0.1) is 22.3 Å². The minimum absolute atomic E-state index is 0. The maximum atomic E-state index is 11.3. The molecule has 0 saturated carbocycles. The van der Waals surface area contributed by atoms with Crippen LogP contribution in [0.2, 0.25) is 0 Å². The fraction of sp³-hybridized carbons (Fsp3) is 0.0588. The Morgan fingerprint density at radius 1 is 0.571 bits per heavy atom. The number of aromatic hydroxyl groups is 1. The van der Waals surface area contributed by atoms with Gasteiger partial charge < -0.3 is 5.11 Å². The molecule has 1 N–H and O–H groups in total. The van der Waals surface area contributed by atoms with E-state index in [4.69, 9.17) is 9.97 Å². The van der Waals surface area contributed by atoms with Gasteiger partial charge in [0, 0.05) is 38.5 Å². The van der Waals surface area contributed by atoms with E-state index in [9.17, 15) is 5.11 Å². The fourth-order valence-electron chi connectivity index (χ4n) is 8.49. The number of pyridine rings is 1. The van der Waals surface area contributed by atoms with Gasteiger partial charge in [0.2, 0.25) is 0 Å². The second-order valence-corrected chi connectivity index (χ2v) is 14.7. The van der Waals surface area contributed by atoms with E-state index >= 15 is 0 Å². The third-order valence-corrected chi connectivity index (χ3v) is 11.1. The molecule has 0 saturated heterocycles. The van der Waals surface area contributed by atoms with Crippen LogP contribution in [0.15, 0.2) is 176 Å². The van der Waals surface area contributed by atoms with Gasteiger partial charge in [0.15, 0.2) is 0 Å². The predicted octanol–water partition coefficient (Wildman–Crippen LogP) is 12.6. The zero-order valence-electron chi connectivity index (χ0n) is 30.8. The topological polar surface area (TPSA) is 50.9 Å². The molecule has 2 heterocycles. The van der Waals surface area contributed by atoms with E-state index < -0.39 is 0 Å². The molecular weight excluding hydrogens is 866 g/mol. The van der Waals surface area contributed by atoms with Crippen molar-refractivity contribution in [3.05, 3.63) is 193 Å². The molecule has 10 rings (SSSR count). The average molecular weight is 902 g/mol. The van der Waals surface area contributed by atoms with Crippen molar-refractivity contribution in [2.24, 2.45) is 0 Å². The summed E-state index contributed by atoms with van der Waals surface area (Å²) in [6.45, 7) is 4.61. The van der Waals surface area contributed by atoms with E-state index in [1.165, 1.54) is 22.3 Å². The molecular formula is C51H36N3OPt-. The quantitative estimate of drug-likeness (QED) is 0.169. The number of phenolic OH excluding ortho intramolecular Hbond substituents is 1. The van der Waals surface area contributed by atoms with Crippen molar-refractivity contribution in [2.45, 2.75) is 19.3 Å². The SMILES string of the molecule is CC1(C)c2ccccc2-c2cc(-c3cccc4c3nc(-c3ccccc3O)n4-c3ccccc3-c3ccccc3)[c-]c(-c3cc(-c4ccccc4)ccn3)c21.[Pt]. The Morgan fingerprint density at radius 3 is 1.98 bits per heavy atom. The van der Waals surface area contributed by atoms with E-state index in [-0.39, 0.29) is 32.2 Å². The van der Waals surface area contributed by atoms with Gasteiger partial charge in [-0.05, 0) is 63.6 Å². The van der Waals surface area contributed by atoms with Crippen LogP contribution in [-0.2, 0) is 26.5 Å². The molecule has 7 aromatic carbocycles. The van der Waals surface area contributed by atoms with Crippen molar-refractivity contribution in [1.29, 1.82) is 0 Å². The molecule has 2 aromatic heterocycles. The summed E-state index contributed by atoms with van der Waals surface area (Å²) in [5, 5.41) is 11.3. The zero-order valence-corrected chi connectivity index (χ0v) is 33.1. The predicted molar refractivity (Wildman–Crippen MR) is 224 cm³/mol. The van der Waals surface area contributed by atoms with Gasteiger partial charge in [-0.25, -0.2) is 4.98 Å². The summed E-state index contributed by atoms with van der Waals surface area (Å²) in [4.78, 5) is 10.4. The zero-order chi connectivity index (χ0) is 37.1. The summed E-state index contributed by atoms with van der Waals surface area (Å²) >= 11 is 0. The van der Waals surface area contributed by atoms with E-state index in [2.05, 4.69) is 158 Å². The van der Waals surface area contributed by atoms with Crippen LogP contribution in [-0.4, -0.2) is 19.6 Å². The smallest absolute Gasteiger partial charge is 0.148 e. The monoisotopic (exact) mass is 901 g/mol. The van der Waals surface area contributed by atoms with E-state index in [1.54, 1.807) is 6.07 Å². The second kappa shape index (κ2) is 14.1. The molecule has 0 aliphatic heterocycles. The maximum absolute atomic E-state index is 11.3. The molecule has 5 heteroatoms. The Labute approximate surface area is 341 Å². The van der Waals surface area contributed by atoms with Crippen molar-refractivity contribution in [2.75, 3.05) is 0 Å². The summed E-state index contributed by atoms with van der Waals surface area (Å²) in [6, 6.07) is 62.3. The molecule has 0 fully saturated rings. The van der Waals surface area contributed by atoms with Crippen molar-refractivity contribution >= 4 is 11.0 Å². The first-order valence-electron chi connectivity index (χ1n) is 18.6. The Balaban J connectivity index is 0.00000410. The van der Waals surface area contributed by atoms with Crippen LogP contribution in [0.1, 0.15) is 25.0 Å². The molecule has 0 spiro atoms. The summed E-state index contributed by atoms with van der Waals surface area (Å²) in [6.07, 6.45) is 1.91. The number of imidazole rings is 1. The van der Waals surface area contributed by atoms with Crippen molar-refractivity contribution in [1.82, 2.24) is 14.5 Å². The van der Waals surface area contributed by atoms with Crippen LogP contribution >= 0.6 is 0 Å². The molecule has 0 atom stereocenters. The van der Waals surface area contributed by atoms with E-state index in [0.717, 1.165) is 61.4 Å². The number of nitrogens with zero attached hydrogens (tertiary/aromatic N) is 3. The van der Waals surface area contributed by atoms with Crippen LogP contribution in [0.25, 0.3) is 83.9 Å². The summed E-state index contributed by atoms with van der Waals surface area (Å²) in [5.74, 6) is 0.835. The molecule has 56 heavy (non-hydrogen) atoms. The molecule has 9 aromatic rings. The van der Waals surface area contributed by atoms with Crippen molar-refractivity contribution < 1.29 is 26.2 Å². The molecule has 0 bridgehead atoms. The first-order valence-corrected chi connectivity index (χ1v) is 18.6. The average Bonchev–Trinajstić information content (AvgIpc) is 3.74. The summed E-state index contributed by atoms with van der Waals surface area (Å²) in [5.41, 5.74) is 16.2. The third kappa shape index (κ3) is 5.72. The number of hydrogen-bond donors (Lipinski definition) is 1.